The molecule has 0 radical (unpaired) electrons. The summed E-state index contributed by atoms with van der Waals surface area (Å²) in [5, 5.41) is 6.86. The lowest BCUT2D eigenvalue weighted by atomic mass is 10.0. The lowest BCUT2D eigenvalue weighted by molar-refractivity contribution is 0.622. The van der Waals surface area contributed by atoms with Crippen LogP contribution >= 0.6 is 0 Å². The zero-order valence-electron chi connectivity index (χ0n) is 9.97. The highest BCUT2D eigenvalue weighted by Crippen LogP contribution is 2.33. The highest BCUT2D eigenvalue weighted by molar-refractivity contribution is 5.86. The second-order valence-electron chi connectivity index (χ2n) is 4.09. The summed E-state index contributed by atoms with van der Waals surface area (Å²) in [7, 11) is 0. The van der Waals surface area contributed by atoms with Crippen LogP contribution in [0.15, 0.2) is 48.7 Å². The Bertz CT molecular complexity index is 689. The van der Waals surface area contributed by atoms with Crippen molar-refractivity contribution in [3.63, 3.8) is 0 Å². The van der Waals surface area contributed by atoms with Crippen molar-refractivity contribution in [2.24, 2.45) is 0 Å². The zero-order chi connectivity index (χ0) is 13.2. The first-order valence-corrected chi connectivity index (χ1v) is 5.77. The number of anilines is 1. The number of halogens is 1. The molecule has 19 heavy (non-hydrogen) atoms. The van der Waals surface area contributed by atoms with E-state index in [9.17, 15) is 4.39 Å². The first kappa shape index (κ1) is 11.4. The van der Waals surface area contributed by atoms with Crippen LogP contribution in [0.5, 0.6) is 0 Å². The monoisotopic (exact) mass is 254 g/mol. The average molecular weight is 254 g/mol. The van der Waals surface area contributed by atoms with Crippen molar-refractivity contribution in [3.05, 3.63) is 54.5 Å². The van der Waals surface area contributed by atoms with Crippen molar-refractivity contribution >= 4 is 5.82 Å². The molecule has 4 nitrogen and oxygen atoms in total. The molecule has 0 amide bonds. The van der Waals surface area contributed by atoms with Gasteiger partial charge in [-0.3, -0.25) is 10.1 Å². The van der Waals surface area contributed by atoms with Crippen LogP contribution in [0.25, 0.3) is 22.5 Å². The number of nitrogen functional groups attached to an aromatic ring is 1. The number of aromatic amines is 1. The Morgan fingerprint density at radius 3 is 2.53 bits per heavy atom. The second kappa shape index (κ2) is 4.53. The maximum Gasteiger partial charge on any atom is 0.153 e. The minimum Gasteiger partial charge on any atom is -0.382 e. The Kier molecular flexibility index (Phi) is 2.72. The smallest absolute Gasteiger partial charge is 0.153 e. The number of hydrogen-bond acceptors (Lipinski definition) is 3. The van der Waals surface area contributed by atoms with Gasteiger partial charge in [-0.25, -0.2) is 4.39 Å². The molecule has 3 rings (SSSR count). The minimum atomic E-state index is -0.377. The van der Waals surface area contributed by atoms with Crippen LogP contribution in [-0.2, 0) is 0 Å². The Balaban J connectivity index is 2.16. The summed E-state index contributed by atoms with van der Waals surface area (Å²) in [5.74, 6) is 0.0184. The molecule has 0 saturated heterocycles. The molecular weight excluding hydrogens is 243 g/mol. The summed E-state index contributed by atoms with van der Waals surface area (Å²) in [6.45, 7) is 0. The molecule has 0 aliphatic rings. The maximum atomic E-state index is 12.9. The molecule has 0 aliphatic heterocycles. The molecule has 1 aromatic carbocycles. The Morgan fingerprint density at radius 2 is 1.84 bits per heavy atom. The molecule has 0 aliphatic carbocycles. The fraction of sp³-hybridized carbons (Fsp3) is 0. The van der Waals surface area contributed by atoms with Crippen molar-refractivity contribution in [2.75, 3.05) is 5.73 Å². The molecule has 3 N–H and O–H groups in total. The summed E-state index contributed by atoms with van der Waals surface area (Å²) in [5.41, 5.74) is 8.90. The molecule has 2 heterocycles. The van der Waals surface area contributed by atoms with Crippen molar-refractivity contribution in [2.45, 2.75) is 0 Å². The van der Waals surface area contributed by atoms with E-state index in [-0.39, 0.29) is 5.82 Å². The second-order valence-corrected chi connectivity index (χ2v) is 4.09. The van der Waals surface area contributed by atoms with Crippen molar-refractivity contribution in [3.8, 4) is 22.5 Å². The summed E-state index contributed by atoms with van der Waals surface area (Å²) < 4.78 is 12.9. The van der Waals surface area contributed by atoms with Gasteiger partial charge in [0.1, 0.15) is 5.82 Å². The lowest BCUT2D eigenvalue weighted by Crippen LogP contribution is -1.90. The first-order chi connectivity index (χ1) is 9.25. The van der Waals surface area contributed by atoms with Crippen LogP contribution < -0.4 is 5.73 Å². The van der Waals surface area contributed by atoms with Crippen molar-refractivity contribution in [1.82, 2.24) is 15.2 Å². The summed E-state index contributed by atoms with van der Waals surface area (Å²) in [6.07, 6.45) is 1.17. The van der Waals surface area contributed by atoms with Gasteiger partial charge in [0.05, 0.1) is 23.1 Å². The van der Waals surface area contributed by atoms with Crippen LogP contribution in [0.1, 0.15) is 0 Å². The molecule has 0 saturated carbocycles. The van der Waals surface area contributed by atoms with Crippen LogP contribution in [0.2, 0.25) is 0 Å². The number of benzene rings is 1. The number of aromatic nitrogens is 3. The number of nitrogens with one attached hydrogen (secondary N) is 1. The number of hydrogen-bond donors (Lipinski definition) is 2. The van der Waals surface area contributed by atoms with Gasteiger partial charge in [0.2, 0.25) is 0 Å². The fourth-order valence-electron chi connectivity index (χ4n) is 1.96. The average Bonchev–Trinajstić information content (AvgIpc) is 2.82. The quantitative estimate of drug-likeness (QED) is 0.738. The van der Waals surface area contributed by atoms with Gasteiger partial charge >= 0.3 is 0 Å². The SMILES string of the molecule is Nc1n[nH]c(-c2ccc(F)cn2)c1-c1ccccc1. The molecule has 0 bridgehead atoms. The predicted octanol–water partition coefficient (Wildman–Crippen LogP) is 2.86. The molecular formula is C14H11FN4. The third kappa shape index (κ3) is 2.06. The highest BCUT2D eigenvalue weighted by atomic mass is 19.1. The Labute approximate surface area is 109 Å². The van der Waals surface area contributed by atoms with Crippen LogP contribution in [0.4, 0.5) is 10.2 Å². The number of pyridine rings is 1. The van der Waals surface area contributed by atoms with Crippen LogP contribution in [0, 0.1) is 5.82 Å². The Morgan fingerprint density at radius 1 is 1.05 bits per heavy atom. The molecule has 2 aromatic heterocycles. The van der Waals surface area contributed by atoms with Gasteiger partial charge in [0.15, 0.2) is 5.82 Å². The van der Waals surface area contributed by atoms with E-state index in [1.165, 1.54) is 12.3 Å². The number of rotatable bonds is 2. The predicted molar refractivity (Wildman–Crippen MR) is 71.6 cm³/mol. The molecule has 0 atom stereocenters. The van der Waals surface area contributed by atoms with E-state index >= 15 is 0 Å². The number of nitrogens with zero attached hydrogens (tertiary/aromatic N) is 2. The van der Waals surface area contributed by atoms with E-state index < -0.39 is 0 Å². The van der Waals surface area contributed by atoms with E-state index in [0.717, 1.165) is 11.1 Å². The van der Waals surface area contributed by atoms with Crippen molar-refractivity contribution in [1.29, 1.82) is 0 Å². The molecule has 94 valence electrons. The third-order valence-corrected chi connectivity index (χ3v) is 2.84. The van der Waals surface area contributed by atoms with Crippen LogP contribution in [-0.4, -0.2) is 15.2 Å². The van der Waals surface area contributed by atoms with E-state index in [2.05, 4.69) is 15.2 Å². The summed E-state index contributed by atoms with van der Waals surface area (Å²) in [6, 6.07) is 12.6. The largest absolute Gasteiger partial charge is 0.382 e. The van der Waals surface area contributed by atoms with Gasteiger partial charge in [0.25, 0.3) is 0 Å². The standard InChI is InChI=1S/C14H11FN4/c15-10-6-7-11(17-8-10)13-12(14(16)19-18-13)9-4-2-1-3-5-9/h1-8H,(H3,16,18,19). The molecule has 0 spiro atoms. The summed E-state index contributed by atoms with van der Waals surface area (Å²) in [4.78, 5) is 4.05. The van der Waals surface area contributed by atoms with Crippen molar-refractivity contribution < 1.29 is 4.39 Å². The van der Waals surface area contributed by atoms with Crippen LogP contribution in [0.3, 0.4) is 0 Å². The van der Waals surface area contributed by atoms with E-state index in [0.29, 0.717) is 17.2 Å². The van der Waals surface area contributed by atoms with E-state index in [4.69, 9.17) is 5.73 Å². The molecule has 5 heteroatoms. The summed E-state index contributed by atoms with van der Waals surface area (Å²) >= 11 is 0. The van der Waals surface area contributed by atoms with E-state index in [1.54, 1.807) is 6.07 Å². The minimum absolute atomic E-state index is 0.377. The first-order valence-electron chi connectivity index (χ1n) is 5.77. The van der Waals surface area contributed by atoms with E-state index in [1.807, 2.05) is 30.3 Å². The molecule has 0 unspecified atom stereocenters. The molecule has 0 fully saturated rings. The topological polar surface area (TPSA) is 67.6 Å². The van der Waals surface area contributed by atoms with Gasteiger partial charge in [-0.2, -0.15) is 5.10 Å². The Hall–Kier alpha value is -2.69. The van der Waals surface area contributed by atoms with Gasteiger partial charge in [-0.1, -0.05) is 30.3 Å². The fourth-order valence-corrected chi connectivity index (χ4v) is 1.96. The number of nitrogens with two attached hydrogens (primary N) is 1. The third-order valence-electron chi connectivity index (χ3n) is 2.84. The molecule has 3 aromatic rings. The lowest BCUT2D eigenvalue weighted by Gasteiger charge is -2.03. The van der Waals surface area contributed by atoms with Gasteiger partial charge < -0.3 is 5.73 Å². The van der Waals surface area contributed by atoms with Gasteiger partial charge in [0, 0.05) is 0 Å². The highest BCUT2D eigenvalue weighted by Gasteiger charge is 2.15. The zero-order valence-corrected chi connectivity index (χ0v) is 9.97. The maximum absolute atomic E-state index is 12.9. The number of H-pyrrole nitrogens is 1. The normalized spacial score (nSPS) is 10.6. The van der Waals surface area contributed by atoms with Gasteiger partial charge in [-0.05, 0) is 17.7 Å². The van der Waals surface area contributed by atoms with Gasteiger partial charge in [-0.15, -0.1) is 0 Å².